The molecular weight excluding hydrogens is 215 g/mol. The molecule has 1 aliphatic rings. The van der Waals surface area contributed by atoms with Gasteiger partial charge in [0.05, 0.1) is 0 Å². The molecule has 15 heavy (non-hydrogen) atoms. The van der Waals surface area contributed by atoms with E-state index < -0.39 is 22.7 Å². The summed E-state index contributed by atoms with van der Waals surface area (Å²) in [5, 5.41) is 20.1. The second kappa shape index (κ2) is 3.96. The predicted molar refractivity (Wildman–Crippen MR) is 44.9 cm³/mol. The van der Waals surface area contributed by atoms with Crippen molar-refractivity contribution in [3.63, 3.8) is 0 Å². The second-order valence-corrected chi connectivity index (χ2v) is 3.89. The summed E-state index contributed by atoms with van der Waals surface area (Å²) in [6.45, 7) is 0. The Morgan fingerprint density at radius 3 is 2.07 bits per heavy atom. The summed E-state index contributed by atoms with van der Waals surface area (Å²) in [4.78, 5) is 8.95. The number of alkyl halides is 3. The molecule has 1 rings (SSSR count). The van der Waals surface area contributed by atoms with E-state index >= 15 is 0 Å². The molecule has 1 saturated carbocycles. The molecule has 0 amide bonds. The molecule has 0 saturated heterocycles. The van der Waals surface area contributed by atoms with Crippen molar-refractivity contribution in [3.8, 4) is 0 Å². The van der Waals surface area contributed by atoms with Crippen LogP contribution in [-0.2, 0) is 0 Å². The molecule has 0 bridgehead atoms. The molecule has 0 aliphatic heterocycles. The van der Waals surface area contributed by atoms with Crippen molar-refractivity contribution >= 4 is 0 Å². The second-order valence-electron chi connectivity index (χ2n) is 3.89. The maximum absolute atomic E-state index is 12.4. The third kappa shape index (κ3) is 2.58. The normalized spacial score (nSPS) is 23.5. The van der Waals surface area contributed by atoms with Crippen LogP contribution in [0, 0.1) is 10.1 Å². The Hall–Kier alpha value is -0.850. The molecule has 0 unspecified atom stereocenters. The topological polar surface area (TPSA) is 63.4 Å². The highest BCUT2D eigenvalue weighted by molar-refractivity contribution is 4.93. The van der Waals surface area contributed by atoms with Gasteiger partial charge in [0.15, 0.2) is 0 Å². The van der Waals surface area contributed by atoms with E-state index in [9.17, 15) is 28.4 Å². The van der Waals surface area contributed by atoms with Crippen LogP contribution in [0.2, 0.25) is 0 Å². The van der Waals surface area contributed by atoms with Crippen LogP contribution in [0.25, 0.3) is 0 Å². The van der Waals surface area contributed by atoms with E-state index in [4.69, 9.17) is 0 Å². The summed E-state index contributed by atoms with van der Waals surface area (Å²) in [5.41, 5.74) is -2.22. The van der Waals surface area contributed by atoms with E-state index in [1.165, 1.54) is 0 Å². The van der Waals surface area contributed by atoms with Gasteiger partial charge in [-0.15, -0.1) is 0 Å². The van der Waals surface area contributed by atoms with E-state index in [1.807, 2.05) is 0 Å². The fraction of sp³-hybridized carbons (Fsp3) is 1.00. The van der Waals surface area contributed by atoms with Crippen molar-refractivity contribution in [2.45, 2.75) is 49.9 Å². The van der Waals surface area contributed by atoms with E-state index in [-0.39, 0.29) is 12.8 Å². The van der Waals surface area contributed by atoms with Gasteiger partial charge in [-0.05, 0) is 12.8 Å². The van der Waals surface area contributed by atoms with E-state index in [2.05, 4.69) is 0 Å². The van der Waals surface area contributed by atoms with Gasteiger partial charge in [0, 0.05) is 4.92 Å². The van der Waals surface area contributed by atoms with Crippen LogP contribution in [0.15, 0.2) is 0 Å². The lowest BCUT2D eigenvalue weighted by molar-refractivity contribution is -0.586. The number of nitro groups is 1. The van der Waals surface area contributed by atoms with Gasteiger partial charge >= 0.3 is 12.2 Å². The van der Waals surface area contributed by atoms with Gasteiger partial charge in [-0.3, -0.25) is 10.1 Å². The Kier molecular flexibility index (Phi) is 3.22. The number of rotatable bonds is 2. The number of hydrogen-bond acceptors (Lipinski definition) is 3. The highest BCUT2D eigenvalue weighted by Crippen LogP contribution is 2.39. The SMILES string of the molecule is O=[N+]([O-])[C@@H](C(F)(F)F)C1(O)CCCCC1. The lowest BCUT2D eigenvalue weighted by atomic mass is 9.79. The molecule has 0 heterocycles. The van der Waals surface area contributed by atoms with Gasteiger partial charge in [0.1, 0.15) is 5.60 Å². The maximum atomic E-state index is 12.4. The van der Waals surface area contributed by atoms with Crippen molar-refractivity contribution in [1.29, 1.82) is 0 Å². The molecule has 1 atom stereocenters. The molecule has 4 nitrogen and oxygen atoms in total. The van der Waals surface area contributed by atoms with Gasteiger partial charge in [0.25, 0.3) is 0 Å². The molecular formula is C8H12F3NO3. The smallest absolute Gasteiger partial charge is 0.382 e. The first-order valence-corrected chi connectivity index (χ1v) is 4.70. The van der Waals surface area contributed by atoms with Crippen molar-refractivity contribution in [2.24, 2.45) is 0 Å². The predicted octanol–water partition coefficient (Wildman–Crippen LogP) is 1.89. The fourth-order valence-corrected chi connectivity index (χ4v) is 2.06. The third-order valence-corrected chi connectivity index (χ3v) is 2.75. The van der Waals surface area contributed by atoms with Gasteiger partial charge in [0.2, 0.25) is 0 Å². The number of halogens is 3. The first-order valence-electron chi connectivity index (χ1n) is 4.70. The zero-order valence-electron chi connectivity index (χ0n) is 7.96. The Morgan fingerprint density at radius 1 is 1.27 bits per heavy atom. The molecule has 0 aromatic carbocycles. The van der Waals surface area contributed by atoms with Crippen molar-refractivity contribution in [3.05, 3.63) is 10.1 Å². The highest BCUT2D eigenvalue weighted by Gasteiger charge is 2.61. The van der Waals surface area contributed by atoms with Crippen LogP contribution in [0.1, 0.15) is 32.1 Å². The Balaban J connectivity index is 2.92. The number of aliphatic hydroxyl groups is 1. The average Bonchev–Trinajstić information content (AvgIpc) is 2.00. The maximum Gasteiger partial charge on any atom is 0.460 e. The monoisotopic (exact) mass is 227 g/mol. The molecule has 7 heteroatoms. The Labute approximate surface area is 84.2 Å². The van der Waals surface area contributed by atoms with Crippen molar-refractivity contribution < 1.29 is 23.2 Å². The van der Waals surface area contributed by atoms with Crippen LogP contribution >= 0.6 is 0 Å². The van der Waals surface area contributed by atoms with Gasteiger partial charge < -0.3 is 5.11 Å². The standard InChI is InChI=1S/C8H12F3NO3/c9-8(10,11)6(12(14)15)7(13)4-2-1-3-5-7/h6,13H,1-5H2/t6-/m1/s1. The largest absolute Gasteiger partial charge is 0.460 e. The minimum atomic E-state index is -4.99. The first kappa shape index (κ1) is 12.2. The Bertz CT molecular complexity index is 248. The van der Waals surface area contributed by atoms with Gasteiger partial charge in [-0.1, -0.05) is 19.3 Å². The summed E-state index contributed by atoms with van der Waals surface area (Å²) >= 11 is 0. The zero-order chi connectivity index (χ0) is 11.7. The fourth-order valence-electron chi connectivity index (χ4n) is 2.06. The van der Waals surface area contributed by atoms with Crippen LogP contribution in [0.5, 0.6) is 0 Å². The lowest BCUT2D eigenvalue weighted by Crippen LogP contribution is -2.56. The molecule has 0 aromatic heterocycles. The quantitative estimate of drug-likeness (QED) is 0.578. The third-order valence-electron chi connectivity index (χ3n) is 2.75. The molecule has 1 N–H and O–H groups in total. The summed E-state index contributed by atoms with van der Waals surface area (Å²) in [6.07, 6.45) is -3.79. The summed E-state index contributed by atoms with van der Waals surface area (Å²) < 4.78 is 37.2. The molecule has 0 spiro atoms. The molecule has 1 fully saturated rings. The van der Waals surface area contributed by atoms with Crippen LogP contribution in [0.3, 0.4) is 0 Å². The molecule has 1 aliphatic carbocycles. The first-order chi connectivity index (χ1) is 6.77. The summed E-state index contributed by atoms with van der Waals surface area (Å²) in [7, 11) is 0. The minimum absolute atomic E-state index is 0.155. The lowest BCUT2D eigenvalue weighted by Gasteiger charge is -2.34. The van der Waals surface area contributed by atoms with Crippen LogP contribution < -0.4 is 0 Å². The van der Waals surface area contributed by atoms with E-state index in [0.29, 0.717) is 19.3 Å². The van der Waals surface area contributed by atoms with Gasteiger partial charge in [-0.2, -0.15) is 13.2 Å². The van der Waals surface area contributed by atoms with Gasteiger partial charge in [-0.25, -0.2) is 0 Å². The summed E-state index contributed by atoms with van der Waals surface area (Å²) in [6, 6.07) is -2.86. The van der Waals surface area contributed by atoms with Crippen molar-refractivity contribution in [1.82, 2.24) is 0 Å². The van der Waals surface area contributed by atoms with Crippen LogP contribution in [0.4, 0.5) is 13.2 Å². The van der Waals surface area contributed by atoms with Crippen molar-refractivity contribution in [2.75, 3.05) is 0 Å². The average molecular weight is 227 g/mol. The minimum Gasteiger partial charge on any atom is -0.382 e. The number of nitrogens with zero attached hydrogens (tertiary/aromatic N) is 1. The highest BCUT2D eigenvalue weighted by atomic mass is 19.4. The number of hydrogen-bond donors (Lipinski definition) is 1. The van der Waals surface area contributed by atoms with E-state index in [0.717, 1.165) is 0 Å². The van der Waals surface area contributed by atoms with E-state index in [1.54, 1.807) is 0 Å². The Morgan fingerprint density at radius 2 is 1.73 bits per heavy atom. The molecule has 88 valence electrons. The molecule has 0 aromatic rings. The zero-order valence-corrected chi connectivity index (χ0v) is 7.96. The summed E-state index contributed by atoms with van der Waals surface area (Å²) in [5.74, 6) is 0. The molecule has 0 radical (unpaired) electrons. The van der Waals surface area contributed by atoms with Crippen LogP contribution in [-0.4, -0.2) is 27.8 Å².